The maximum Gasteiger partial charge on any atom is 0.472 e. The highest BCUT2D eigenvalue weighted by molar-refractivity contribution is 7.47. The summed E-state index contributed by atoms with van der Waals surface area (Å²) in [6.45, 7) is 3.21. The smallest absolute Gasteiger partial charge is 0.462 e. The van der Waals surface area contributed by atoms with Gasteiger partial charge in [-0.05, 0) is 38.5 Å². The third-order valence-electron chi connectivity index (χ3n) is 9.11. The third kappa shape index (κ3) is 22.4. The van der Waals surface area contributed by atoms with E-state index in [1.54, 1.807) is 0 Å². The summed E-state index contributed by atoms with van der Waals surface area (Å²) < 4.78 is 33.3. The van der Waals surface area contributed by atoms with Crippen molar-refractivity contribution in [1.82, 2.24) is 0 Å². The molecule has 0 aromatic carbocycles. The predicted octanol–water partition coefficient (Wildman–Crippen LogP) is 5.94. The molecule has 1 aliphatic carbocycles. The molecule has 0 saturated heterocycles. The van der Waals surface area contributed by atoms with Gasteiger partial charge in [-0.1, -0.05) is 116 Å². The van der Waals surface area contributed by atoms with Crippen LogP contribution in [0.1, 0.15) is 155 Å². The van der Waals surface area contributed by atoms with Crippen LogP contribution in [0.2, 0.25) is 0 Å². The lowest BCUT2D eigenvalue weighted by atomic mass is 9.85. The standard InChI is InChI=1S/C37H69O13P/c1-3-5-7-9-11-13-14-15-16-18-19-21-23-25-30(38)47-27-29(49-31(39)26-24-22-20-17-12-10-8-6-4-2)28-48-51(45,46)50-37-35(43)33(41)32(40)34(42)36(37)44/h13-14,29,32-37,40-44H,3-12,15-28H2,1-2H3,(H,45,46)/b14-13-/t29-,32?,33-,34?,35?,36?,37?/m1/s1. The molecule has 0 aromatic rings. The van der Waals surface area contributed by atoms with Gasteiger partial charge < -0.3 is 39.9 Å². The molecule has 13 nitrogen and oxygen atoms in total. The van der Waals surface area contributed by atoms with E-state index in [2.05, 4.69) is 26.0 Å². The van der Waals surface area contributed by atoms with Crippen LogP contribution in [0.3, 0.4) is 0 Å². The van der Waals surface area contributed by atoms with Crippen LogP contribution in [0.15, 0.2) is 12.2 Å². The molecule has 51 heavy (non-hydrogen) atoms. The fraction of sp³-hybridized carbons (Fsp3) is 0.892. The number of phosphoric acid groups is 1. The van der Waals surface area contributed by atoms with Gasteiger partial charge in [0.2, 0.25) is 0 Å². The van der Waals surface area contributed by atoms with Gasteiger partial charge in [0.15, 0.2) is 6.10 Å². The maximum atomic E-state index is 12.7. The van der Waals surface area contributed by atoms with Crippen molar-refractivity contribution in [1.29, 1.82) is 0 Å². The van der Waals surface area contributed by atoms with E-state index >= 15 is 0 Å². The first-order valence-electron chi connectivity index (χ1n) is 19.5. The number of aliphatic hydroxyl groups is 5. The minimum atomic E-state index is -5.10. The van der Waals surface area contributed by atoms with Gasteiger partial charge in [0, 0.05) is 12.8 Å². The summed E-state index contributed by atoms with van der Waals surface area (Å²) in [5.41, 5.74) is 0. The van der Waals surface area contributed by atoms with E-state index in [1.807, 2.05) is 0 Å². The molecule has 300 valence electrons. The Bertz CT molecular complexity index is 964. The molecule has 1 aliphatic rings. The topological polar surface area (TPSA) is 210 Å². The summed E-state index contributed by atoms with van der Waals surface area (Å²) in [6, 6.07) is 0. The van der Waals surface area contributed by atoms with Crippen molar-refractivity contribution >= 4 is 19.8 Å². The summed E-state index contributed by atoms with van der Waals surface area (Å²) in [5.74, 6) is -1.11. The fourth-order valence-corrected chi connectivity index (χ4v) is 6.84. The molecule has 1 rings (SSSR count). The number of allylic oxidation sites excluding steroid dienone is 2. The van der Waals surface area contributed by atoms with Crippen LogP contribution in [-0.2, 0) is 32.7 Å². The summed E-state index contributed by atoms with van der Waals surface area (Å²) in [7, 11) is -5.10. The molecular formula is C37H69O13P. The minimum absolute atomic E-state index is 0.0981. The van der Waals surface area contributed by atoms with Crippen LogP contribution in [0.4, 0.5) is 0 Å². The minimum Gasteiger partial charge on any atom is -0.462 e. The summed E-state index contributed by atoms with van der Waals surface area (Å²) >= 11 is 0. The van der Waals surface area contributed by atoms with Gasteiger partial charge in [-0.25, -0.2) is 4.57 Å². The second-order valence-electron chi connectivity index (χ2n) is 13.8. The lowest BCUT2D eigenvalue weighted by Crippen LogP contribution is -2.64. The van der Waals surface area contributed by atoms with E-state index < -0.39 is 75.7 Å². The molecule has 0 spiro atoms. The number of hydrogen-bond donors (Lipinski definition) is 6. The zero-order valence-corrected chi connectivity index (χ0v) is 32.0. The highest BCUT2D eigenvalue weighted by Crippen LogP contribution is 2.47. The lowest BCUT2D eigenvalue weighted by molar-refractivity contribution is -0.220. The van der Waals surface area contributed by atoms with Gasteiger partial charge in [-0.2, -0.15) is 0 Å². The normalized spacial score (nSPS) is 24.0. The molecule has 14 heteroatoms. The number of carbonyl (C=O) groups excluding carboxylic acids is 2. The first-order valence-corrected chi connectivity index (χ1v) is 21.0. The molecule has 1 saturated carbocycles. The number of hydrogen-bond acceptors (Lipinski definition) is 12. The summed E-state index contributed by atoms with van der Waals surface area (Å²) in [4.78, 5) is 35.4. The van der Waals surface area contributed by atoms with E-state index in [0.717, 1.165) is 64.2 Å². The van der Waals surface area contributed by atoms with Gasteiger partial charge in [0.1, 0.15) is 43.2 Å². The first kappa shape index (κ1) is 47.6. The predicted molar refractivity (Wildman–Crippen MR) is 194 cm³/mol. The van der Waals surface area contributed by atoms with Gasteiger partial charge in [-0.3, -0.25) is 18.6 Å². The Morgan fingerprint density at radius 1 is 0.588 bits per heavy atom. The zero-order valence-electron chi connectivity index (χ0n) is 31.2. The second kappa shape index (κ2) is 29.0. The van der Waals surface area contributed by atoms with Crippen LogP contribution in [-0.4, -0.2) is 98.3 Å². The first-order chi connectivity index (χ1) is 24.4. The van der Waals surface area contributed by atoms with Gasteiger partial charge in [-0.15, -0.1) is 0 Å². The molecular weight excluding hydrogens is 683 g/mol. The molecule has 0 amide bonds. The van der Waals surface area contributed by atoms with Crippen molar-refractivity contribution in [2.75, 3.05) is 13.2 Å². The van der Waals surface area contributed by atoms with E-state index in [9.17, 15) is 44.6 Å². The van der Waals surface area contributed by atoms with Crippen molar-refractivity contribution in [2.45, 2.75) is 198 Å². The Labute approximate surface area is 305 Å². The van der Waals surface area contributed by atoms with Crippen molar-refractivity contribution in [2.24, 2.45) is 0 Å². The molecule has 6 N–H and O–H groups in total. The molecule has 6 unspecified atom stereocenters. The zero-order chi connectivity index (χ0) is 37.9. The highest BCUT2D eigenvalue weighted by atomic mass is 31.2. The largest absolute Gasteiger partial charge is 0.472 e. The van der Waals surface area contributed by atoms with E-state index in [4.69, 9.17) is 18.5 Å². The molecule has 0 aliphatic heterocycles. The fourth-order valence-electron chi connectivity index (χ4n) is 5.87. The van der Waals surface area contributed by atoms with E-state index in [-0.39, 0.29) is 12.8 Å². The Hall–Kier alpha value is -1.41. The Kier molecular flexibility index (Phi) is 27.1. The highest BCUT2D eigenvalue weighted by Gasteiger charge is 2.51. The number of aliphatic hydroxyl groups excluding tert-OH is 5. The number of ether oxygens (including phenoxy) is 2. The molecule has 8 atom stereocenters. The van der Waals surface area contributed by atoms with Crippen LogP contribution >= 0.6 is 7.82 Å². The quantitative estimate of drug-likeness (QED) is 0.0210. The van der Waals surface area contributed by atoms with Crippen molar-refractivity contribution in [3.05, 3.63) is 12.2 Å². The second-order valence-corrected chi connectivity index (χ2v) is 15.2. The Balaban J connectivity index is 2.54. The van der Waals surface area contributed by atoms with Crippen LogP contribution < -0.4 is 0 Å². The Morgan fingerprint density at radius 3 is 1.51 bits per heavy atom. The Morgan fingerprint density at radius 2 is 1.00 bits per heavy atom. The number of phosphoric ester groups is 1. The molecule has 1 fully saturated rings. The lowest BCUT2D eigenvalue weighted by Gasteiger charge is -2.41. The number of esters is 2. The van der Waals surface area contributed by atoms with Gasteiger partial charge in [0.05, 0.1) is 6.61 Å². The molecule has 0 bridgehead atoms. The van der Waals surface area contributed by atoms with Crippen LogP contribution in [0.25, 0.3) is 0 Å². The third-order valence-corrected chi connectivity index (χ3v) is 10.1. The van der Waals surface area contributed by atoms with Crippen LogP contribution in [0, 0.1) is 0 Å². The van der Waals surface area contributed by atoms with Crippen molar-refractivity contribution in [3.8, 4) is 0 Å². The average molecular weight is 753 g/mol. The summed E-state index contributed by atoms with van der Waals surface area (Å²) in [5, 5.41) is 49.9. The van der Waals surface area contributed by atoms with Gasteiger partial charge >= 0.3 is 19.8 Å². The monoisotopic (exact) mass is 752 g/mol. The maximum absolute atomic E-state index is 12.7. The van der Waals surface area contributed by atoms with Crippen molar-refractivity contribution < 1.29 is 63.1 Å². The number of rotatable bonds is 31. The number of unbranched alkanes of at least 4 members (excludes halogenated alkanes) is 17. The molecule has 0 radical (unpaired) electrons. The van der Waals surface area contributed by atoms with E-state index in [0.29, 0.717) is 12.8 Å². The number of carbonyl (C=O) groups is 2. The average Bonchev–Trinajstić information content (AvgIpc) is 3.10. The van der Waals surface area contributed by atoms with E-state index in [1.165, 1.54) is 51.4 Å². The van der Waals surface area contributed by atoms with Gasteiger partial charge in [0.25, 0.3) is 0 Å². The molecule has 0 aromatic heterocycles. The molecule has 0 heterocycles. The summed E-state index contributed by atoms with van der Waals surface area (Å²) in [6.07, 6.45) is 13.0. The van der Waals surface area contributed by atoms with Crippen LogP contribution in [0.5, 0.6) is 0 Å². The van der Waals surface area contributed by atoms with Crippen molar-refractivity contribution in [3.63, 3.8) is 0 Å². The SMILES string of the molecule is CCCCCC/C=C\CCCCCCCC(=O)OC[C@H](COP(=O)(O)OC1C(O)C(O)C(O)[C@@H](O)C1O)OC(=O)CCCCCCCCCCC.